The van der Waals surface area contributed by atoms with Crippen molar-refractivity contribution in [2.24, 2.45) is 0 Å². The topological polar surface area (TPSA) is 235 Å². The molecular formula is C20H34N4O12. The second-order valence-corrected chi connectivity index (χ2v) is 7.82. The van der Waals surface area contributed by atoms with Crippen molar-refractivity contribution in [1.82, 2.24) is 20.0 Å². The minimum absolute atomic E-state index is 0.00878. The fourth-order valence-electron chi connectivity index (χ4n) is 2.88. The molecule has 0 aliphatic carbocycles. The van der Waals surface area contributed by atoms with Crippen LogP contribution >= 0.6 is 0 Å². The van der Waals surface area contributed by atoms with E-state index in [9.17, 15) is 28.8 Å². The number of hydrogen-bond acceptors (Lipinski definition) is 11. The predicted molar refractivity (Wildman–Crippen MR) is 120 cm³/mol. The number of carboxylic acids is 4. The lowest BCUT2D eigenvalue weighted by Gasteiger charge is -2.27. The van der Waals surface area contributed by atoms with Crippen molar-refractivity contribution in [3.05, 3.63) is 0 Å². The summed E-state index contributed by atoms with van der Waals surface area (Å²) >= 11 is 0. The number of nitrogens with zero attached hydrogens (tertiary/aromatic N) is 3. The Hall–Kier alpha value is -3.34. The number of carboxylic acid groups (broad SMARTS) is 4. The van der Waals surface area contributed by atoms with E-state index in [1.807, 2.05) is 0 Å². The number of aliphatic carboxylic acids is 4. The van der Waals surface area contributed by atoms with Crippen LogP contribution in [0, 0.1) is 0 Å². The Morgan fingerprint density at radius 3 is 1.50 bits per heavy atom. The van der Waals surface area contributed by atoms with Crippen LogP contribution in [0.15, 0.2) is 0 Å². The molecular weight excluding hydrogens is 488 g/mol. The fourth-order valence-corrected chi connectivity index (χ4v) is 2.88. The summed E-state index contributed by atoms with van der Waals surface area (Å²) in [6, 6.07) is 0. The number of carbonyl (C=O) groups is 6. The summed E-state index contributed by atoms with van der Waals surface area (Å²) in [6.45, 7) is -1.15. The Labute approximate surface area is 207 Å². The van der Waals surface area contributed by atoms with E-state index >= 15 is 0 Å². The molecule has 0 radical (unpaired) electrons. The molecule has 16 nitrogen and oxygen atoms in total. The maximum absolute atomic E-state index is 12.2. The van der Waals surface area contributed by atoms with Gasteiger partial charge in [-0.2, -0.15) is 0 Å². The van der Waals surface area contributed by atoms with Gasteiger partial charge in [0.2, 0.25) is 5.91 Å². The monoisotopic (exact) mass is 522 g/mol. The molecule has 0 bridgehead atoms. The Morgan fingerprint density at radius 1 is 0.694 bits per heavy atom. The van der Waals surface area contributed by atoms with Gasteiger partial charge in [-0.05, 0) is 13.3 Å². The van der Waals surface area contributed by atoms with Gasteiger partial charge in [0, 0.05) is 32.7 Å². The number of amides is 1. The molecule has 0 aromatic heterocycles. The molecule has 6 N–H and O–H groups in total. The van der Waals surface area contributed by atoms with Gasteiger partial charge < -0.3 is 35.6 Å². The van der Waals surface area contributed by atoms with E-state index in [4.69, 9.17) is 30.3 Å². The third-order valence-corrected chi connectivity index (χ3v) is 4.50. The van der Waals surface area contributed by atoms with Gasteiger partial charge in [0.15, 0.2) is 0 Å². The number of hydrogen-bond donors (Lipinski definition) is 6. The van der Waals surface area contributed by atoms with Crippen molar-refractivity contribution in [2.45, 2.75) is 19.4 Å². The first-order valence-electron chi connectivity index (χ1n) is 11.0. The predicted octanol–water partition coefficient (Wildman–Crippen LogP) is -3.34. The smallest absolute Gasteiger partial charge is 0.334 e. The number of ether oxygens (including phenoxy) is 1. The maximum Gasteiger partial charge on any atom is 0.334 e. The number of aliphatic hydroxyl groups is 1. The molecule has 0 aromatic carbocycles. The van der Waals surface area contributed by atoms with Gasteiger partial charge in [-0.15, -0.1) is 0 Å². The van der Waals surface area contributed by atoms with Gasteiger partial charge in [0.05, 0.1) is 39.3 Å². The minimum Gasteiger partial charge on any atom is -0.480 e. The minimum atomic E-state index is -1.26. The molecule has 0 aliphatic heterocycles. The molecule has 16 heteroatoms. The quantitative estimate of drug-likeness (QED) is 0.0638. The largest absolute Gasteiger partial charge is 0.480 e. The lowest BCUT2D eigenvalue weighted by Crippen LogP contribution is -2.46. The van der Waals surface area contributed by atoms with Crippen LogP contribution in [0.5, 0.6) is 0 Å². The number of nitrogens with one attached hydrogen (secondary N) is 1. The summed E-state index contributed by atoms with van der Waals surface area (Å²) < 4.78 is 4.75. The highest BCUT2D eigenvalue weighted by molar-refractivity contribution is 5.79. The number of carbonyl (C=O) groups excluding carboxylic acids is 2. The highest BCUT2D eigenvalue weighted by atomic mass is 16.5. The molecule has 0 fully saturated rings. The highest BCUT2D eigenvalue weighted by Crippen LogP contribution is 1.97. The van der Waals surface area contributed by atoms with Crippen molar-refractivity contribution in [3.63, 3.8) is 0 Å². The van der Waals surface area contributed by atoms with E-state index < -0.39 is 68.0 Å². The zero-order valence-electron chi connectivity index (χ0n) is 20.0. The van der Waals surface area contributed by atoms with Gasteiger partial charge in [-0.3, -0.25) is 38.7 Å². The van der Waals surface area contributed by atoms with Crippen molar-refractivity contribution >= 4 is 35.8 Å². The number of esters is 1. The summed E-state index contributed by atoms with van der Waals surface area (Å²) in [5.41, 5.74) is 0. The first-order valence-corrected chi connectivity index (χ1v) is 11.0. The van der Waals surface area contributed by atoms with Crippen molar-refractivity contribution in [2.75, 3.05) is 72.1 Å². The van der Waals surface area contributed by atoms with Crippen molar-refractivity contribution in [1.29, 1.82) is 0 Å². The molecule has 36 heavy (non-hydrogen) atoms. The van der Waals surface area contributed by atoms with Crippen molar-refractivity contribution < 1.29 is 59.0 Å². The summed E-state index contributed by atoms with van der Waals surface area (Å²) in [5, 5.41) is 47.7. The molecule has 0 aromatic rings. The van der Waals surface area contributed by atoms with Gasteiger partial charge >= 0.3 is 29.8 Å². The average molecular weight is 523 g/mol. The second-order valence-electron chi connectivity index (χ2n) is 7.82. The Morgan fingerprint density at radius 2 is 1.08 bits per heavy atom. The van der Waals surface area contributed by atoms with Crippen LogP contribution in [0.1, 0.15) is 13.3 Å². The summed E-state index contributed by atoms with van der Waals surface area (Å²) in [6.07, 6.45) is -0.999. The van der Waals surface area contributed by atoms with E-state index in [1.54, 1.807) is 0 Å². The molecule has 0 rings (SSSR count). The van der Waals surface area contributed by atoms with Crippen LogP contribution in [0.2, 0.25) is 0 Å². The SMILES string of the molecule is C[C@@H](O)C(=O)OCCCNC(=O)CN(CCN(CCN(CC(=O)O)CC(=O)O)CC(=O)O)CC(=O)O. The number of aliphatic hydroxyl groups excluding tert-OH is 1. The standard InChI is InChI=1S/C20H34N4O12/c1-14(25)20(35)36-8-2-3-21-15(26)9-23(11-17(29)30)6-4-22(10-16(27)28)5-7-24(12-18(31)32)13-19(33)34/h14,25H,2-13H2,1H3,(H,21,26)(H,27,28)(H,29,30)(H,31,32)(H,33,34)/t14-/m1/s1. The molecule has 0 unspecified atom stereocenters. The van der Waals surface area contributed by atoms with Crippen LogP contribution in [-0.2, 0) is 33.5 Å². The van der Waals surface area contributed by atoms with E-state index in [0.717, 1.165) is 4.90 Å². The average Bonchev–Trinajstić information content (AvgIpc) is 2.73. The van der Waals surface area contributed by atoms with E-state index in [2.05, 4.69) is 5.32 Å². The van der Waals surface area contributed by atoms with Gasteiger partial charge in [-0.25, -0.2) is 4.79 Å². The first kappa shape index (κ1) is 32.7. The molecule has 1 amide bonds. The molecule has 0 saturated carbocycles. The number of rotatable bonds is 21. The Bertz CT molecular complexity index is 745. The van der Waals surface area contributed by atoms with Crippen LogP contribution in [0.4, 0.5) is 0 Å². The lowest BCUT2D eigenvalue weighted by atomic mass is 10.3. The summed E-state index contributed by atoms with van der Waals surface area (Å²) in [4.78, 5) is 71.3. The third-order valence-electron chi connectivity index (χ3n) is 4.50. The Kier molecular flexibility index (Phi) is 16.3. The second kappa shape index (κ2) is 18.0. The van der Waals surface area contributed by atoms with E-state index in [1.165, 1.54) is 16.7 Å². The molecule has 0 heterocycles. The summed E-state index contributed by atoms with van der Waals surface area (Å²) in [5.74, 6) is -6.23. The molecule has 0 saturated heterocycles. The van der Waals surface area contributed by atoms with Crippen LogP contribution < -0.4 is 5.32 Å². The first-order chi connectivity index (χ1) is 16.8. The molecule has 1 atom stereocenters. The van der Waals surface area contributed by atoms with E-state index in [-0.39, 0.29) is 52.3 Å². The van der Waals surface area contributed by atoms with Gasteiger partial charge in [0.1, 0.15) is 6.10 Å². The molecule has 206 valence electrons. The molecule has 0 spiro atoms. The van der Waals surface area contributed by atoms with Crippen LogP contribution in [0.3, 0.4) is 0 Å². The van der Waals surface area contributed by atoms with Gasteiger partial charge in [0.25, 0.3) is 0 Å². The van der Waals surface area contributed by atoms with Crippen LogP contribution in [-0.4, -0.2) is 154 Å². The fraction of sp³-hybridized carbons (Fsp3) is 0.700. The zero-order chi connectivity index (χ0) is 27.7. The lowest BCUT2D eigenvalue weighted by molar-refractivity contribution is -0.152. The van der Waals surface area contributed by atoms with Crippen molar-refractivity contribution in [3.8, 4) is 0 Å². The third kappa shape index (κ3) is 18.0. The molecule has 0 aliphatic rings. The maximum atomic E-state index is 12.2. The zero-order valence-corrected chi connectivity index (χ0v) is 20.0. The summed E-state index contributed by atoms with van der Waals surface area (Å²) in [7, 11) is 0. The normalized spacial score (nSPS) is 11.9. The highest BCUT2D eigenvalue weighted by Gasteiger charge is 2.19. The van der Waals surface area contributed by atoms with Gasteiger partial charge in [-0.1, -0.05) is 0 Å². The van der Waals surface area contributed by atoms with Crippen LogP contribution in [0.25, 0.3) is 0 Å². The van der Waals surface area contributed by atoms with E-state index in [0.29, 0.717) is 0 Å². The Balaban J connectivity index is 4.82.